The van der Waals surface area contributed by atoms with E-state index in [-0.39, 0.29) is 21.3 Å². The Bertz CT molecular complexity index is 1760. The first-order valence-corrected chi connectivity index (χ1v) is 14.9. The largest absolute Gasteiger partial charge is 0.454 e. The van der Waals surface area contributed by atoms with Gasteiger partial charge in [-0.1, -0.05) is 30.3 Å². The number of benzene rings is 2. The van der Waals surface area contributed by atoms with Crippen LogP contribution in [0.5, 0.6) is 11.5 Å². The van der Waals surface area contributed by atoms with E-state index in [2.05, 4.69) is 14.7 Å². The molecule has 0 bridgehead atoms. The van der Waals surface area contributed by atoms with E-state index >= 15 is 0 Å². The van der Waals surface area contributed by atoms with E-state index in [1.807, 2.05) is 47.8 Å². The summed E-state index contributed by atoms with van der Waals surface area (Å²) in [6.45, 7) is 0. The average molecular weight is 558 g/mol. The van der Waals surface area contributed by atoms with Crippen molar-refractivity contribution in [3.05, 3.63) is 88.3 Å². The number of hydrogen-bond acceptors (Lipinski definition) is 9. The summed E-state index contributed by atoms with van der Waals surface area (Å²) < 4.78 is 34.2. The SMILES string of the molecule is N#Cc1cc(S(=O)(=O)Nc2nccs2)ccc1Oc1cnc(-c2ccccc2)cc1-c1csc(C2CC2)n1. The molecule has 2 aromatic carbocycles. The fraction of sp³-hybridized carbons (Fsp3) is 0.111. The maximum Gasteiger partial charge on any atom is 0.263 e. The molecule has 5 aromatic rings. The molecule has 1 aliphatic rings. The second kappa shape index (κ2) is 9.98. The van der Waals surface area contributed by atoms with E-state index in [0.717, 1.165) is 51.7 Å². The number of anilines is 1. The Kier molecular flexibility index (Phi) is 6.37. The molecule has 1 fully saturated rings. The molecule has 0 unspecified atom stereocenters. The van der Waals surface area contributed by atoms with Crippen molar-refractivity contribution in [2.75, 3.05) is 4.72 Å². The maximum atomic E-state index is 12.8. The second-order valence-electron chi connectivity index (χ2n) is 8.59. The molecule has 188 valence electrons. The third-order valence-electron chi connectivity index (χ3n) is 5.92. The van der Waals surface area contributed by atoms with Gasteiger partial charge in [0, 0.05) is 34.0 Å². The van der Waals surface area contributed by atoms with E-state index in [1.165, 1.54) is 24.4 Å². The number of aromatic nitrogens is 3. The van der Waals surface area contributed by atoms with Crippen molar-refractivity contribution in [3.8, 4) is 40.1 Å². The molecule has 1 saturated carbocycles. The Morgan fingerprint density at radius 1 is 1.00 bits per heavy atom. The average Bonchev–Trinajstić information content (AvgIpc) is 3.44. The van der Waals surface area contributed by atoms with Crippen LogP contribution in [0.1, 0.15) is 29.3 Å². The zero-order valence-electron chi connectivity index (χ0n) is 19.7. The molecule has 3 heterocycles. The molecule has 1 aliphatic carbocycles. The summed E-state index contributed by atoms with van der Waals surface area (Å²) in [5.74, 6) is 1.16. The molecule has 0 saturated heterocycles. The van der Waals surface area contributed by atoms with E-state index in [4.69, 9.17) is 9.72 Å². The Hall–Kier alpha value is -4.11. The molecule has 0 atom stereocenters. The minimum absolute atomic E-state index is 0.0667. The summed E-state index contributed by atoms with van der Waals surface area (Å²) in [6, 6.07) is 17.9. The van der Waals surface area contributed by atoms with Gasteiger partial charge < -0.3 is 4.74 Å². The number of sulfonamides is 1. The van der Waals surface area contributed by atoms with E-state index in [9.17, 15) is 13.7 Å². The zero-order valence-corrected chi connectivity index (χ0v) is 22.2. The molecule has 1 N–H and O–H groups in total. The Balaban J connectivity index is 1.36. The van der Waals surface area contributed by atoms with Gasteiger partial charge in [-0.15, -0.1) is 22.7 Å². The molecule has 0 amide bonds. The van der Waals surface area contributed by atoms with Gasteiger partial charge in [0.05, 0.1) is 33.1 Å². The highest BCUT2D eigenvalue weighted by Crippen LogP contribution is 2.44. The maximum absolute atomic E-state index is 12.8. The summed E-state index contributed by atoms with van der Waals surface area (Å²) >= 11 is 2.79. The first-order chi connectivity index (χ1) is 18.5. The summed E-state index contributed by atoms with van der Waals surface area (Å²) in [4.78, 5) is 13.3. The Morgan fingerprint density at radius 3 is 2.58 bits per heavy atom. The van der Waals surface area contributed by atoms with Crippen LogP contribution in [-0.2, 0) is 10.0 Å². The van der Waals surface area contributed by atoms with Crippen LogP contribution in [0.2, 0.25) is 0 Å². The standard InChI is InChI=1S/C27H19N5O3S3/c28-14-19-12-20(38(33,34)32-27-29-10-11-36-27)8-9-24(19)35-25-15-30-22(17-4-2-1-3-5-17)13-21(25)23-16-37-26(31-23)18-6-7-18/h1-5,8-13,15-16,18H,6-7H2,(H,29,32). The number of thiazole rings is 2. The number of pyridine rings is 1. The highest BCUT2D eigenvalue weighted by Gasteiger charge is 2.27. The summed E-state index contributed by atoms with van der Waals surface area (Å²) in [5.41, 5.74) is 3.31. The molecule has 11 heteroatoms. The van der Waals surface area contributed by atoms with Crippen molar-refractivity contribution in [2.45, 2.75) is 23.7 Å². The summed E-state index contributed by atoms with van der Waals surface area (Å²) in [5, 5.41) is 14.8. The van der Waals surface area contributed by atoms with Crippen LogP contribution in [-0.4, -0.2) is 23.4 Å². The van der Waals surface area contributed by atoms with Crippen molar-refractivity contribution < 1.29 is 13.2 Å². The third kappa shape index (κ3) is 5.02. The van der Waals surface area contributed by atoms with Crippen LogP contribution < -0.4 is 9.46 Å². The van der Waals surface area contributed by atoms with Gasteiger partial charge in [0.15, 0.2) is 10.9 Å². The van der Waals surface area contributed by atoms with Crippen molar-refractivity contribution in [1.29, 1.82) is 5.26 Å². The fourth-order valence-corrected chi connectivity index (χ4v) is 6.64. The van der Waals surface area contributed by atoms with Crippen LogP contribution in [0.4, 0.5) is 5.13 Å². The molecule has 6 rings (SSSR count). The van der Waals surface area contributed by atoms with Crippen LogP contribution >= 0.6 is 22.7 Å². The van der Waals surface area contributed by atoms with Gasteiger partial charge in [0.25, 0.3) is 10.0 Å². The number of nitriles is 1. The monoisotopic (exact) mass is 557 g/mol. The van der Waals surface area contributed by atoms with Gasteiger partial charge in [-0.25, -0.2) is 18.4 Å². The van der Waals surface area contributed by atoms with E-state index in [1.54, 1.807) is 22.9 Å². The van der Waals surface area contributed by atoms with Gasteiger partial charge in [-0.2, -0.15) is 5.26 Å². The number of nitrogens with zero attached hydrogens (tertiary/aromatic N) is 4. The zero-order chi connectivity index (χ0) is 26.1. The quantitative estimate of drug-likeness (QED) is 0.226. The van der Waals surface area contributed by atoms with Crippen molar-refractivity contribution in [3.63, 3.8) is 0 Å². The number of rotatable bonds is 8. The number of nitrogens with one attached hydrogen (secondary N) is 1. The lowest BCUT2D eigenvalue weighted by atomic mass is 10.1. The lowest BCUT2D eigenvalue weighted by Crippen LogP contribution is -2.13. The number of ether oxygens (including phenoxy) is 1. The topological polar surface area (TPSA) is 118 Å². The van der Waals surface area contributed by atoms with Crippen LogP contribution in [0.25, 0.3) is 22.5 Å². The third-order valence-corrected chi connectivity index (χ3v) is 9.08. The minimum atomic E-state index is -3.92. The van der Waals surface area contributed by atoms with E-state index < -0.39 is 10.0 Å². The first-order valence-electron chi connectivity index (χ1n) is 11.7. The van der Waals surface area contributed by atoms with Gasteiger partial charge in [-0.3, -0.25) is 9.71 Å². The Morgan fingerprint density at radius 2 is 1.84 bits per heavy atom. The molecule has 0 spiro atoms. The molecular formula is C27H19N5O3S3. The van der Waals surface area contributed by atoms with Gasteiger partial charge >= 0.3 is 0 Å². The molecule has 8 nitrogen and oxygen atoms in total. The van der Waals surface area contributed by atoms with Crippen molar-refractivity contribution in [1.82, 2.24) is 15.0 Å². The molecule has 0 radical (unpaired) electrons. The van der Waals surface area contributed by atoms with Gasteiger partial charge in [0.2, 0.25) is 0 Å². The molecule has 3 aromatic heterocycles. The van der Waals surface area contributed by atoms with E-state index in [0.29, 0.717) is 11.7 Å². The van der Waals surface area contributed by atoms with Gasteiger partial charge in [-0.05, 0) is 37.1 Å². The minimum Gasteiger partial charge on any atom is -0.454 e. The molecule has 38 heavy (non-hydrogen) atoms. The van der Waals surface area contributed by atoms with Crippen LogP contribution in [0.3, 0.4) is 0 Å². The van der Waals surface area contributed by atoms with Crippen LogP contribution in [0.15, 0.2) is 82.6 Å². The highest BCUT2D eigenvalue weighted by molar-refractivity contribution is 7.93. The van der Waals surface area contributed by atoms with Crippen LogP contribution in [0, 0.1) is 11.3 Å². The number of hydrogen-bond donors (Lipinski definition) is 1. The predicted molar refractivity (Wildman–Crippen MR) is 147 cm³/mol. The van der Waals surface area contributed by atoms with Gasteiger partial charge in [0.1, 0.15) is 11.8 Å². The smallest absolute Gasteiger partial charge is 0.263 e. The fourth-order valence-electron chi connectivity index (χ4n) is 3.84. The first kappa shape index (κ1) is 24.2. The summed E-state index contributed by atoms with van der Waals surface area (Å²) in [6.07, 6.45) is 5.43. The summed E-state index contributed by atoms with van der Waals surface area (Å²) in [7, 11) is -3.92. The van der Waals surface area contributed by atoms with Crippen molar-refractivity contribution >= 4 is 37.8 Å². The normalized spacial score (nSPS) is 13.1. The molecule has 0 aliphatic heterocycles. The molecular weight excluding hydrogens is 539 g/mol. The highest BCUT2D eigenvalue weighted by atomic mass is 32.2. The lowest BCUT2D eigenvalue weighted by Gasteiger charge is -2.13. The second-order valence-corrected chi connectivity index (χ2v) is 12.1. The van der Waals surface area contributed by atoms with Crippen molar-refractivity contribution in [2.24, 2.45) is 0 Å². The Labute approximate surface area is 227 Å². The predicted octanol–water partition coefficient (Wildman–Crippen LogP) is 6.67. The lowest BCUT2D eigenvalue weighted by molar-refractivity contribution is 0.480.